The summed E-state index contributed by atoms with van der Waals surface area (Å²) in [6, 6.07) is 4.41. The van der Waals surface area contributed by atoms with Crippen molar-refractivity contribution in [3.8, 4) is 0 Å². The average Bonchev–Trinajstić information content (AvgIpc) is 2.39. The Kier molecular flexibility index (Phi) is 6.74. The van der Waals surface area contributed by atoms with Gasteiger partial charge in [0.05, 0.1) is 11.6 Å². The maximum atomic E-state index is 12.0. The highest BCUT2D eigenvalue weighted by molar-refractivity contribution is 7.89. The molecular weight excluding hydrogens is 290 g/mol. The van der Waals surface area contributed by atoms with E-state index in [1.807, 2.05) is 6.92 Å². The molecule has 0 spiro atoms. The second-order valence-electron chi connectivity index (χ2n) is 3.87. The number of ether oxygens (including phenoxy) is 1. The van der Waals surface area contributed by atoms with Gasteiger partial charge in [-0.3, -0.25) is 0 Å². The lowest BCUT2D eigenvalue weighted by atomic mass is 10.2. The highest BCUT2D eigenvalue weighted by atomic mass is 35.5. The molecule has 0 aliphatic heterocycles. The Hall–Kier alpha value is -0.660. The summed E-state index contributed by atoms with van der Waals surface area (Å²) in [5.41, 5.74) is 0.499. The molecule has 0 amide bonds. The van der Waals surface area contributed by atoms with Crippen LogP contribution >= 0.6 is 11.6 Å². The quantitative estimate of drug-likeness (QED) is 0.714. The van der Waals surface area contributed by atoms with E-state index in [4.69, 9.17) is 21.4 Å². The zero-order valence-electron chi connectivity index (χ0n) is 10.7. The topological polar surface area (TPSA) is 75.6 Å². The summed E-state index contributed by atoms with van der Waals surface area (Å²) < 4.78 is 31.6. The Morgan fingerprint density at radius 2 is 2.16 bits per heavy atom. The van der Waals surface area contributed by atoms with Crippen LogP contribution < -0.4 is 4.72 Å². The molecule has 0 fully saturated rings. The van der Waals surface area contributed by atoms with Crippen molar-refractivity contribution in [2.75, 3.05) is 19.8 Å². The Bertz CT molecular complexity index is 504. The first-order valence-electron chi connectivity index (χ1n) is 5.98. The lowest BCUT2D eigenvalue weighted by Gasteiger charge is -2.09. The van der Waals surface area contributed by atoms with Crippen molar-refractivity contribution in [2.24, 2.45) is 0 Å². The van der Waals surface area contributed by atoms with Gasteiger partial charge in [0.2, 0.25) is 10.0 Å². The van der Waals surface area contributed by atoms with Gasteiger partial charge in [0.1, 0.15) is 4.90 Å². The van der Waals surface area contributed by atoms with Crippen LogP contribution in [-0.2, 0) is 21.4 Å². The SMILES string of the molecule is CCOCCCNS(=O)(=O)c1cc(CO)ccc1Cl. The zero-order chi connectivity index (χ0) is 14.3. The van der Waals surface area contributed by atoms with Gasteiger partial charge in [-0.25, -0.2) is 13.1 Å². The number of benzene rings is 1. The fraction of sp³-hybridized carbons (Fsp3) is 0.500. The van der Waals surface area contributed by atoms with Crippen molar-refractivity contribution in [3.05, 3.63) is 28.8 Å². The first-order valence-corrected chi connectivity index (χ1v) is 7.84. The molecule has 1 aromatic rings. The van der Waals surface area contributed by atoms with Crippen LogP contribution in [0, 0.1) is 0 Å². The Balaban J connectivity index is 2.71. The third-order valence-corrected chi connectivity index (χ3v) is 4.37. The van der Waals surface area contributed by atoms with Crippen LogP contribution in [0.5, 0.6) is 0 Å². The summed E-state index contributed by atoms with van der Waals surface area (Å²) in [7, 11) is -3.66. The van der Waals surface area contributed by atoms with Gasteiger partial charge in [0, 0.05) is 19.8 Å². The minimum atomic E-state index is -3.66. The van der Waals surface area contributed by atoms with E-state index in [1.165, 1.54) is 12.1 Å². The first kappa shape index (κ1) is 16.4. The van der Waals surface area contributed by atoms with Crippen LogP contribution in [0.4, 0.5) is 0 Å². The molecule has 2 N–H and O–H groups in total. The van der Waals surface area contributed by atoms with Crippen molar-refractivity contribution in [1.29, 1.82) is 0 Å². The zero-order valence-corrected chi connectivity index (χ0v) is 12.3. The highest BCUT2D eigenvalue weighted by Gasteiger charge is 2.17. The molecule has 0 unspecified atom stereocenters. The van der Waals surface area contributed by atoms with Gasteiger partial charge in [0.25, 0.3) is 0 Å². The molecule has 0 atom stereocenters. The van der Waals surface area contributed by atoms with E-state index in [9.17, 15) is 8.42 Å². The molecule has 0 aliphatic rings. The summed E-state index contributed by atoms with van der Waals surface area (Å²) in [5, 5.41) is 9.15. The Morgan fingerprint density at radius 3 is 2.79 bits per heavy atom. The maximum Gasteiger partial charge on any atom is 0.242 e. The van der Waals surface area contributed by atoms with E-state index < -0.39 is 10.0 Å². The number of hydrogen-bond donors (Lipinski definition) is 2. The molecule has 1 aromatic carbocycles. The Morgan fingerprint density at radius 1 is 1.42 bits per heavy atom. The predicted molar refractivity (Wildman–Crippen MR) is 73.7 cm³/mol. The molecule has 0 saturated carbocycles. The van der Waals surface area contributed by atoms with Crippen molar-refractivity contribution < 1.29 is 18.3 Å². The third-order valence-electron chi connectivity index (χ3n) is 2.43. The average molecular weight is 308 g/mol. The van der Waals surface area contributed by atoms with Gasteiger partial charge < -0.3 is 9.84 Å². The normalized spacial score (nSPS) is 11.7. The van der Waals surface area contributed by atoms with Crippen LogP contribution in [0.15, 0.2) is 23.1 Å². The summed E-state index contributed by atoms with van der Waals surface area (Å²) in [6.45, 7) is 3.04. The monoisotopic (exact) mass is 307 g/mol. The molecule has 0 saturated heterocycles. The summed E-state index contributed by atoms with van der Waals surface area (Å²) >= 11 is 5.87. The molecule has 0 radical (unpaired) electrons. The molecule has 7 heteroatoms. The van der Waals surface area contributed by atoms with E-state index in [0.717, 1.165) is 0 Å². The van der Waals surface area contributed by atoms with Gasteiger partial charge in [-0.15, -0.1) is 0 Å². The van der Waals surface area contributed by atoms with Crippen LogP contribution in [0.2, 0.25) is 5.02 Å². The minimum Gasteiger partial charge on any atom is -0.392 e. The van der Waals surface area contributed by atoms with Gasteiger partial charge in [0.15, 0.2) is 0 Å². The van der Waals surface area contributed by atoms with Gasteiger partial charge in [-0.2, -0.15) is 0 Å². The highest BCUT2D eigenvalue weighted by Crippen LogP contribution is 2.22. The van der Waals surface area contributed by atoms with E-state index >= 15 is 0 Å². The molecule has 0 heterocycles. The van der Waals surface area contributed by atoms with Crippen LogP contribution in [0.3, 0.4) is 0 Å². The van der Waals surface area contributed by atoms with Gasteiger partial charge >= 0.3 is 0 Å². The second kappa shape index (κ2) is 7.81. The lowest BCUT2D eigenvalue weighted by Crippen LogP contribution is -2.26. The number of hydrogen-bond acceptors (Lipinski definition) is 4. The lowest BCUT2D eigenvalue weighted by molar-refractivity contribution is 0.146. The first-order chi connectivity index (χ1) is 9.01. The molecule has 1 rings (SSSR count). The number of rotatable bonds is 8. The largest absolute Gasteiger partial charge is 0.392 e. The maximum absolute atomic E-state index is 12.0. The van der Waals surface area contributed by atoms with Gasteiger partial charge in [-0.05, 0) is 31.0 Å². The fourth-order valence-electron chi connectivity index (χ4n) is 1.45. The number of nitrogens with one attached hydrogen (secondary N) is 1. The predicted octanol–water partition coefficient (Wildman–Crippen LogP) is 1.54. The molecule has 19 heavy (non-hydrogen) atoms. The minimum absolute atomic E-state index is 0.0165. The molecule has 108 valence electrons. The fourth-order valence-corrected chi connectivity index (χ4v) is 3.08. The van der Waals surface area contributed by atoms with Crippen LogP contribution in [0.25, 0.3) is 0 Å². The third kappa shape index (κ3) is 5.08. The summed E-state index contributed by atoms with van der Waals surface area (Å²) in [4.78, 5) is -0.0165. The molecule has 0 aliphatic carbocycles. The van der Waals surface area contributed by atoms with Crippen LogP contribution in [-0.4, -0.2) is 33.3 Å². The second-order valence-corrected chi connectivity index (χ2v) is 6.01. The standard InChI is InChI=1S/C12H18ClNO4S/c1-2-18-7-3-6-14-19(16,17)12-8-10(9-15)4-5-11(12)13/h4-5,8,14-15H,2-3,6-7,9H2,1H3. The summed E-state index contributed by atoms with van der Waals surface area (Å²) in [5.74, 6) is 0. The summed E-state index contributed by atoms with van der Waals surface area (Å²) in [6.07, 6.45) is 0.588. The number of sulfonamides is 1. The molecular formula is C12H18ClNO4S. The van der Waals surface area contributed by atoms with Crippen LogP contribution in [0.1, 0.15) is 18.9 Å². The number of halogens is 1. The van der Waals surface area contributed by atoms with Gasteiger partial charge in [-0.1, -0.05) is 17.7 Å². The molecule has 0 bridgehead atoms. The molecule has 0 aromatic heterocycles. The smallest absolute Gasteiger partial charge is 0.242 e. The Labute approximate surface area is 118 Å². The van der Waals surface area contributed by atoms with Crippen molar-refractivity contribution in [1.82, 2.24) is 4.72 Å². The van der Waals surface area contributed by atoms with E-state index in [2.05, 4.69) is 4.72 Å². The van der Waals surface area contributed by atoms with Crippen molar-refractivity contribution in [2.45, 2.75) is 24.8 Å². The number of aliphatic hydroxyl groups is 1. The van der Waals surface area contributed by atoms with E-state index in [1.54, 1.807) is 6.07 Å². The van der Waals surface area contributed by atoms with E-state index in [-0.39, 0.29) is 23.1 Å². The molecule has 5 nitrogen and oxygen atoms in total. The number of aliphatic hydroxyl groups excluding tert-OH is 1. The van der Waals surface area contributed by atoms with E-state index in [0.29, 0.717) is 25.2 Å². The van der Waals surface area contributed by atoms with Crippen molar-refractivity contribution >= 4 is 21.6 Å². The van der Waals surface area contributed by atoms with Crippen molar-refractivity contribution in [3.63, 3.8) is 0 Å².